The SMILES string of the molecule is c1ccc(-c2ccc(-c3nc(-c4ccccc4)nc(-c4ccc(-c5nccc6oc7cc(-c8ccccc8)ccc7c56)c5ccccc45)n3)cc2)cc1. The molecular weight excluding hydrogens is 649 g/mol. The smallest absolute Gasteiger partial charge is 0.164 e. The van der Waals surface area contributed by atoms with Gasteiger partial charge in [-0.2, -0.15) is 0 Å². The van der Waals surface area contributed by atoms with E-state index in [1.54, 1.807) is 0 Å². The highest BCUT2D eigenvalue weighted by molar-refractivity contribution is 6.15. The molecule has 5 heteroatoms. The molecule has 0 aliphatic carbocycles. The minimum absolute atomic E-state index is 0.608. The van der Waals surface area contributed by atoms with Crippen molar-refractivity contribution in [1.82, 2.24) is 19.9 Å². The molecule has 0 aliphatic rings. The lowest BCUT2D eigenvalue weighted by Crippen LogP contribution is -2.01. The van der Waals surface area contributed by atoms with E-state index < -0.39 is 0 Å². The number of aromatic nitrogens is 4. The van der Waals surface area contributed by atoms with Gasteiger partial charge in [0.2, 0.25) is 0 Å². The van der Waals surface area contributed by atoms with Crippen molar-refractivity contribution in [2.45, 2.75) is 0 Å². The molecule has 0 spiro atoms. The predicted molar refractivity (Wildman–Crippen MR) is 215 cm³/mol. The van der Waals surface area contributed by atoms with Gasteiger partial charge in [0, 0.05) is 33.8 Å². The van der Waals surface area contributed by atoms with Gasteiger partial charge < -0.3 is 4.42 Å². The average molecular weight is 679 g/mol. The minimum atomic E-state index is 0.608. The van der Waals surface area contributed by atoms with E-state index in [-0.39, 0.29) is 0 Å². The molecule has 0 amide bonds. The quantitative estimate of drug-likeness (QED) is 0.175. The molecule has 5 nitrogen and oxygen atoms in total. The molecule has 0 fully saturated rings. The number of hydrogen-bond donors (Lipinski definition) is 0. The van der Waals surface area contributed by atoms with Gasteiger partial charge in [0.1, 0.15) is 11.2 Å². The van der Waals surface area contributed by atoms with Crippen molar-refractivity contribution in [2.24, 2.45) is 0 Å². The molecule has 0 saturated carbocycles. The van der Waals surface area contributed by atoms with E-state index in [9.17, 15) is 0 Å². The Hall–Kier alpha value is -7.24. The van der Waals surface area contributed by atoms with E-state index in [4.69, 9.17) is 24.4 Å². The Labute approximate surface area is 305 Å². The maximum Gasteiger partial charge on any atom is 0.164 e. The van der Waals surface area contributed by atoms with Crippen LogP contribution in [0.2, 0.25) is 0 Å². The second-order valence-corrected chi connectivity index (χ2v) is 13.0. The first-order valence-corrected chi connectivity index (χ1v) is 17.6. The van der Waals surface area contributed by atoms with Gasteiger partial charge in [-0.25, -0.2) is 15.0 Å². The Morgan fingerprint density at radius 1 is 0.340 bits per heavy atom. The summed E-state index contributed by atoms with van der Waals surface area (Å²) in [5.41, 5.74) is 10.9. The molecule has 0 N–H and O–H groups in total. The topological polar surface area (TPSA) is 64.7 Å². The van der Waals surface area contributed by atoms with Crippen LogP contribution in [0.25, 0.3) is 100 Å². The average Bonchev–Trinajstić information content (AvgIpc) is 3.62. The largest absolute Gasteiger partial charge is 0.456 e. The summed E-state index contributed by atoms with van der Waals surface area (Å²) in [5.74, 6) is 1.85. The number of rotatable bonds is 6. The van der Waals surface area contributed by atoms with E-state index in [1.165, 1.54) is 0 Å². The summed E-state index contributed by atoms with van der Waals surface area (Å²) >= 11 is 0. The van der Waals surface area contributed by atoms with Gasteiger partial charge in [-0.3, -0.25) is 4.98 Å². The second-order valence-electron chi connectivity index (χ2n) is 13.0. The van der Waals surface area contributed by atoms with E-state index in [1.807, 2.05) is 54.7 Å². The zero-order valence-corrected chi connectivity index (χ0v) is 28.5. The highest BCUT2D eigenvalue weighted by Gasteiger charge is 2.20. The molecule has 0 unspecified atom stereocenters. The van der Waals surface area contributed by atoms with E-state index in [0.717, 1.165) is 82.9 Å². The number of pyridine rings is 1. The van der Waals surface area contributed by atoms with Crippen LogP contribution in [0, 0.1) is 0 Å². The molecule has 7 aromatic carbocycles. The molecule has 3 heterocycles. The normalized spacial score (nSPS) is 11.4. The molecule has 0 atom stereocenters. The molecule has 53 heavy (non-hydrogen) atoms. The molecule has 3 aromatic heterocycles. The summed E-state index contributed by atoms with van der Waals surface area (Å²) in [4.78, 5) is 20.2. The monoisotopic (exact) mass is 678 g/mol. The van der Waals surface area contributed by atoms with Crippen LogP contribution < -0.4 is 0 Å². The summed E-state index contributed by atoms with van der Waals surface area (Å²) in [6.07, 6.45) is 1.83. The summed E-state index contributed by atoms with van der Waals surface area (Å²) in [6, 6.07) is 60.3. The first kappa shape index (κ1) is 30.6. The lowest BCUT2D eigenvalue weighted by molar-refractivity contribution is 0.668. The first-order chi connectivity index (χ1) is 26.3. The fourth-order valence-electron chi connectivity index (χ4n) is 7.22. The number of benzene rings is 7. The van der Waals surface area contributed by atoms with Crippen molar-refractivity contribution in [3.05, 3.63) is 182 Å². The summed E-state index contributed by atoms with van der Waals surface area (Å²) in [5, 5.41) is 4.10. The third kappa shape index (κ3) is 5.52. The van der Waals surface area contributed by atoms with Crippen molar-refractivity contribution in [3.8, 4) is 67.7 Å². The minimum Gasteiger partial charge on any atom is -0.456 e. The highest BCUT2D eigenvalue weighted by atomic mass is 16.3. The van der Waals surface area contributed by atoms with Crippen LogP contribution in [0.15, 0.2) is 187 Å². The number of nitrogens with zero attached hydrogens (tertiary/aromatic N) is 4. The van der Waals surface area contributed by atoms with Gasteiger partial charge in [-0.15, -0.1) is 0 Å². The Bertz CT molecular complexity index is 2920. The second kappa shape index (κ2) is 12.8. The van der Waals surface area contributed by atoms with Gasteiger partial charge in [-0.1, -0.05) is 152 Å². The first-order valence-electron chi connectivity index (χ1n) is 17.6. The number of fused-ring (bicyclic) bond motifs is 4. The van der Waals surface area contributed by atoms with Crippen molar-refractivity contribution in [2.75, 3.05) is 0 Å². The molecule has 0 saturated heterocycles. The van der Waals surface area contributed by atoms with E-state index >= 15 is 0 Å². The number of hydrogen-bond acceptors (Lipinski definition) is 5. The standard InChI is InChI=1S/C48H30N4O/c1-4-12-31(13-5-1)33-20-22-35(23-21-33)47-50-46(34-16-8-3-9-17-34)51-48(52-47)40-27-26-39(37-18-10-11-19-38(37)40)45-44-41-25-24-36(32-14-6-2-7-15-32)30-43(41)53-42(44)28-29-49-45/h1-30H. The van der Waals surface area contributed by atoms with Gasteiger partial charge in [-0.05, 0) is 57.3 Å². The van der Waals surface area contributed by atoms with E-state index in [2.05, 4.69) is 127 Å². The molecular formula is C48H30N4O. The highest BCUT2D eigenvalue weighted by Crippen LogP contribution is 2.41. The lowest BCUT2D eigenvalue weighted by atomic mass is 9.95. The van der Waals surface area contributed by atoms with E-state index in [0.29, 0.717) is 17.5 Å². The summed E-state index contributed by atoms with van der Waals surface area (Å²) in [6.45, 7) is 0. The van der Waals surface area contributed by atoms with Crippen LogP contribution in [-0.4, -0.2) is 19.9 Å². The fraction of sp³-hybridized carbons (Fsp3) is 0. The van der Waals surface area contributed by atoms with Crippen molar-refractivity contribution in [3.63, 3.8) is 0 Å². The molecule has 10 aromatic rings. The maximum absolute atomic E-state index is 6.46. The third-order valence-electron chi connectivity index (χ3n) is 9.83. The van der Waals surface area contributed by atoms with Gasteiger partial charge in [0.05, 0.1) is 11.1 Å². The molecule has 10 rings (SSSR count). The van der Waals surface area contributed by atoms with Crippen LogP contribution in [-0.2, 0) is 0 Å². The predicted octanol–water partition coefficient (Wildman–Crippen LogP) is 12.3. The van der Waals surface area contributed by atoms with Crippen LogP contribution in [0.3, 0.4) is 0 Å². The molecule has 0 bridgehead atoms. The fourth-order valence-corrected chi connectivity index (χ4v) is 7.22. The lowest BCUT2D eigenvalue weighted by Gasteiger charge is -2.13. The Morgan fingerprint density at radius 3 is 1.51 bits per heavy atom. The summed E-state index contributed by atoms with van der Waals surface area (Å²) in [7, 11) is 0. The van der Waals surface area contributed by atoms with Gasteiger partial charge in [0.15, 0.2) is 17.5 Å². The van der Waals surface area contributed by atoms with Crippen molar-refractivity contribution < 1.29 is 4.42 Å². The molecule has 0 radical (unpaired) electrons. The Morgan fingerprint density at radius 2 is 0.830 bits per heavy atom. The van der Waals surface area contributed by atoms with Crippen LogP contribution in [0.5, 0.6) is 0 Å². The van der Waals surface area contributed by atoms with Crippen LogP contribution in [0.4, 0.5) is 0 Å². The van der Waals surface area contributed by atoms with Crippen LogP contribution in [0.1, 0.15) is 0 Å². The molecule has 248 valence electrons. The molecule has 0 aliphatic heterocycles. The number of furan rings is 1. The van der Waals surface area contributed by atoms with Crippen molar-refractivity contribution in [1.29, 1.82) is 0 Å². The van der Waals surface area contributed by atoms with Gasteiger partial charge in [0.25, 0.3) is 0 Å². The van der Waals surface area contributed by atoms with Crippen LogP contribution >= 0.6 is 0 Å². The van der Waals surface area contributed by atoms with Crippen molar-refractivity contribution >= 4 is 32.7 Å². The van der Waals surface area contributed by atoms with Gasteiger partial charge >= 0.3 is 0 Å². The third-order valence-corrected chi connectivity index (χ3v) is 9.83. The summed E-state index contributed by atoms with van der Waals surface area (Å²) < 4.78 is 6.46. The maximum atomic E-state index is 6.46. The Kier molecular flexibility index (Phi) is 7.40. The zero-order valence-electron chi connectivity index (χ0n) is 28.5. The zero-order chi connectivity index (χ0) is 35.1. The Balaban J connectivity index is 1.12.